The van der Waals surface area contributed by atoms with Crippen molar-refractivity contribution in [1.29, 1.82) is 0 Å². The fourth-order valence-electron chi connectivity index (χ4n) is 5.96. The average Bonchev–Trinajstić information content (AvgIpc) is 3.75. The van der Waals surface area contributed by atoms with Crippen LogP contribution in [0, 0.1) is 0 Å². The normalized spacial score (nSPS) is 21.1. The van der Waals surface area contributed by atoms with Gasteiger partial charge in [-0.1, -0.05) is 38.3 Å². The second kappa shape index (κ2) is 15.3. The van der Waals surface area contributed by atoms with Crippen LogP contribution in [-0.2, 0) is 35.0 Å². The topological polar surface area (TPSA) is 195 Å². The van der Waals surface area contributed by atoms with Crippen LogP contribution in [0.25, 0.3) is 11.2 Å². The molecular weight excluding hydrogens is 646 g/mol. The van der Waals surface area contributed by atoms with Crippen LogP contribution in [0.3, 0.4) is 0 Å². The number of H-pyrrole nitrogens is 1. The number of nitrogens with two attached hydrogens (primary N) is 1. The molecule has 0 saturated carbocycles. The minimum absolute atomic E-state index is 0.0736. The Kier molecular flexibility index (Phi) is 10.6. The van der Waals surface area contributed by atoms with Gasteiger partial charge in [0.1, 0.15) is 30.7 Å². The van der Waals surface area contributed by atoms with E-state index in [1.807, 2.05) is 12.1 Å². The number of fused-ring (bicyclic) bond motifs is 2. The standard InChI is InChI=1S/C35H41N7O8/c1-4-5-6-7-8-21-9-11-22(12-10-21)40-41-23-13-15-24(16-14-23)47-27(44)18-17-26(43)46-19-25-29-30(50-35(2,3)49-29)33(48-25)42-20-37-28-31(42)38-34(36)39-32(28)45/h9-16,20,25,29-30,33H,4-8,17-19H2,1-3H3,(H3,36,38,39,45)/t25-,29-,30-,33-/m1/s1. The number of benzene rings is 2. The molecule has 6 rings (SSSR count). The molecule has 50 heavy (non-hydrogen) atoms. The summed E-state index contributed by atoms with van der Waals surface area (Å²) in [6, 6.07) is 14.7. The Morgan fingerprint density at radius 3 is 2.36 bits per heavy atom. The van der Waals surface area contributed by atoms with Crippen LogP contribution >= 0.6 is 0 Å². The molecule has 0 amide bonds. The van der Waals surface area contributed by atoms with E-state index in [2.05, 4.69) is 44.2 Å². The number of nitrogens with one attached hydrogen (secondary N) is 1. The predicted molar refractivity (Wildman–Crippen MR) is 181 cm³/mol. The van der Waals surface area contributed by atoms with Gasteiger partial charge in [-0.25, -0.2) is 4.98 Å². The predicted octanol–water partition coefficient (Wildman–Crippen LogP) is 5.59. The highest BCUT2D eigenvalue weighted by Crippen LogP contribution is 2.43. The number of hydrogen-bond acceptors (Lipinski definition) is 13. The Labute approximate surface area is 288 Å². The van der Waals surface area contributed by atoms with Gasteiger partial charge in [0.15, 0.2) is 23.2 Å². The molecule has 0 bridgehead atoms. The van der Waals surface area contributed by atoms with E-state index in [1.165, 1.54) is 37.6 Å². The molecule has 2 fully saturated rings. The molecule has 2 aliphatic heterocycles. The lowest BCUT2D eigenvalue weighted by Gasteiger charge is -2.24. The molecule has 4 heterocycles. The summed E-state index contributed by atoms with van der Waals surface area (Å²) in [7, 11) is 0. The first-order valence-electron chi connectivity index (χ1n) is 16.8. The van der Waals surface area contributed by atoms with Gasteiger partial charge in [-0.3, -0.25) is 23.9 Å². The Morgan fingerprint density at radius 1 is 0.960 bits per heavy atom. The number of unbranched alkanes of at least 4 members (excludes halogenated alkanes) is 3. The number of carbonyl (C=O) groups is 2. The number of ether oxygens (including phenoxy) is 5. The van der Waals surface area contributed by atoms with Gasteiger partial charge in [0, 0.05) is 0 Å². The number of anilines is 1. The van der Waals surface area contributed by atoms with E-state index in [-0.39, 0.29) is 36.6 Å². The van der Waals surface area contributed by atoms with Crippen molar-refractivity contribution in [3.8, 4) is 5.75 Å². The van der Waals surface area contributed by atoms with Gasteiger partial charge in [0.05, 0.1) is 30.5 Å². The first-order valence-corrected chi connectivity index (χ1v) is 16.8. The van der Waals surface area contributed by atoms with Crippen LogP contribution in [0.5, 0.6) is 5.75 Å². The SMILES string of the molecule is CCCCCCc1ccc(N=Nc2ccc(OC(=O)CCC(=O)OC[C@H]3O[C@@H](n4cnc5c(=O)[nH]c(N)nc54)[C@@H]4OC(C)(C)O[C@@H]43)cc2)cc1. The van der Waals surface area contributed by atoms with Crippen LogP contribution in [0.2, 0.25) is 0 Å². The molecule has 4 atom stereocenters. The zero-order chi connectivity index (χ0) is 35.3. The summed E-state index contributed by atoms with van der Waals surface area (Å²) in [5, 5.41) is 8.55. The van der Waals surface area contributed by atoms with Crippen LogP contribution in [-0.4, -0.2) is 62.2 Å². The van der Waals surface area contributed by atoms with E-state index >= 15 is 0 Å². The number of carbonyl (C=O) groups excluding carboxylic acids is 2. The van der Waals surface area contributed by atoms with Gasteiger partial charge in [-0.05, 0) is 68.7 Å². The van der Waals surface area contributed by atoms with Crippen LogP contribution in [0.15, 0.2) is 69.9 Å². The minimum atomic E-state index is -0.940. The Morgan fingerprint density at radius 2 is 1.64 bits per heavy atom. The molecule has 2 saturated heterocycles. The monoisotopic (exact) mass is 687 g/mol. The number of nitrogens with zero attached hydrogens (tertiary/aromatic N) is 5. The maximum atomic E-state index is 12.6. The number of aromatic amines is 1. The molecule has 15 heteroatoms. The maximum absolute atomic E-state index is 12.6. The number of hydrogen-bond donors (Lipinski definition) is 2. The van der Waals surface area contributed by atoms with E-state index in [0.717, 1.165) is 12.1 Å². The van der Waals surface area contributed by atoms with Crippen molar-refractivity contribution in [3.63, 3.8) is 0 Å². The summed E-state index contributed by atoms with van der Waals surface area (Å²) in [5.74, 6) is -1.90. The van der Waals surface area contributed by atoms with E-state index in [9.17, 15) is 14.4 Å². The van der Waals surface area contributed by atoms with Crippen molar-refractivity contribution in [2.75, 3.05) is 12.3 Å². The van der Waals surface area contributed by atoms with Gasteiger partial charge in [0.25, 0.3) is 5.56 Å². The van der Waals surface area contributed by atoms with Crippen molar-refractivity contribution in [3.05, 3.63) is 70.8 Å². The molecule has 0 radical (unpaired) electrons. The third kappa shape index (κ3) is 8.41. The second-order valence-corrected chi connectivity index (χ2v) is 12.7. The second-order valence-electron chi connectivity index (χ2n) is 12.7. The molecule has 15 nitrogen and oxygen atoms in total. The number of imidazole rings is 1. The highest BCUT2D eigenvalue weighted by atomic mass is 16.8. The van der Waals surface area contributed by atoms with Crippen molar-refractivity contribution >= 4 is 40.4 Å². The lowest BCUT2D eigenvalue weighted by atomic mass is 10.1. The molecule has 3 N–H and O–H groups in total. The molecule has 264 valence electrons. The van der Waals surface area contributed by atoms with E-state index in [0.29, 0.717) is 11.4 Å². The van der Waals surface area contributed by atoms with Gasteiger partial charge in [-0.2, -0.15) is 15.2 Å². The van der Waals surface area contributed by atoms with Crippen molar-refractivity contribution in [2.24, 2.45) is 10.2 Å². The Hall–Kier alpha value is -4.99. The van der Waals surface area contributed by atoms with Crippen LogP contribution in [0.1, 0.15) is 71.1 Å². The summed E-state index contributed by atoms with van der Waals surface area (Å²) in [6.07, 6.45) is 4.28. The Balaban J connectivity index is 0.962. The molecule has 0 spiro atoms. The Bertz CT molecular complexity index is 1890. The number of azo groups is 1. The largest absolute Gasteiger partial charge is 0.463 e. The molecule has 2 aliphatic rings. The van der Waals surface area contributed by atoms with E-state index in [4.69, 9.17) is 29.4 Å². The van der Waals surface area contributed by atoms with E-state index in [1.54, 1.807) is 42.7 Å². The van der Waals surface area contributed by atoms with Crippen LogP contribution < -0.4 is 16.0 Å². The number of aromatic nitrogens is 4. The summed E-state index contributed by atoms with van der Waals surface area (Å²) < 4.78 is 30.7. The average molecular weight is 688 g/mol. The third-order valence-electron chi connectivity index (χ3n) is 8.40. The fourth-order valence-corrected chi connectivity index (χ4v) is 5.96. The van der Waals surface area contributed by atoms with Gasteiger partial charge in [-0.15, -0.1) is 0 Å². The van der Waals surface area contributed by atoms with Gasteiger partial charge < -0.3 is 29.4 Å². The first kappa shape index (κ1) is 34.9. The number of aryl methyl sites for hydroxylation is 1. The number of rotatable bonds is 14. The summed E-state index contributed by atoms with van der Waals surface area (Å²) in [6.45, 7) is 5.57. The van der Waals surface area contributed by atoms with Crippen molar-refractivity contribution < 1.29 is 33.3 Å². The molecule has 0 unspecified atom stereocenters. The summed E-state index contributed by atoms with van der Waals surface area (Å²) in [4.78, 5) is 48.1. The maximum Gasteiger partial charge on any atom is 0.311 e. The smallest absolute Gasteiger partial charge is 0.311 e. The first-order chi connectivity index (χ1) is 24.1. The molecule has 4 aromatic rings. The zero-order valence-corrected chi connectivity index (χ0v) is 28.2. The fraction of sp³-hybridized carbons (Fsp3) is 0.457. The van der Waals surface area contributed by atoms with Gasteiger partial charge in [0.2, 0.25) is 5.95 Å². The lowest BCUT2D eigenvalue weighted by Crippen LogP contribution is -2.33. The minimum Gasteiger partial charge on any atom is -0.463 e. The third-order valence-corrected chi connectivity index (χ3v) is 8.40. The number of esters is 2. The number of nitrogen functional groups attached to an aromatic ring is 1. The van der Waals surface area contributed by atoms with E-state index < -0.39 is 47.8 Å². The lowest BCUT2D eigenvalue weighted by molar-refractivity contribution is -0.202. The molecule has 2 aromatic heterocycles. The summed E-state index contributed by atoms with van der Waals surface area (Å²) >= 11 is 0. The zero-order valence-electron chi connectivity index (χ0n) is 28.2. The highest BCUT2D eigenvalue weighted by molar-refractivity contribution is 5.79. The molecular formula is C35H41N7O8. The quantitative estimate of drug-likeness (QED) is 0.0726. The van der Waals surface area contributed by atoms with Crippen molar-refractivity contribution in [2.45, 2.75) is 96.0 Å². The molecule has 2 aromatic carbocycles. The van der Waals surface area contributed by atoms with Crippen molar-refractivity contribution in [1.82, 2.24) is 19.5 Å². The summed E-state index contributed by atoms with van der Waals surface area (Å²) in [5.41, 5.74) is 8.22. The highest BCUT2D eigenvalue weighted by Gasteiger charge is 2.56. The van der Waals surface area contributed by atoms with Gasteiger partial charge >= 0.3 is 11.9 Å². The molecule has 0 aliphatic carbocycles. The van der Waals surface area contributed by atoms with Crippen LogP contribution in [0.4, 0.5) is 17.3 Å².